The predicted molar refractivity (Wildman–Crippen MR) is 77.8 cm³/mol. The van der Waals surface area contributed by atoms with Crippen LogP contribution in [0.1, 0.15) is 18.1 Å². The van der Waals surface area contributed by atoms with Crippen LogP contribution in [0.3, 0.4) is 0 Å². The standard InChI is InChI=1S/C14H19BrN2O2/c15-13-3-1-2-12(10-13)14(19)4-5-16-6-8-17(11-18)9-7-16/h1-3,10-11,14,19H,4-9H2. The molecular formula is C14H19BrN2O2. The third kappa shape index (κ3) is 4.30. The number of piperazine rings is 1. The summed E-state index contributed by atoms with van der Waals surface area (Å²) in [6, 6.07) is 7.79. The Labute approximate surface area is 122 Å². The van der Waals surface area contributed by atoms with Crippen LogP contribution in [-0.4, -0.2) is 54.0 Å². The minimum atomic E-state index is -0.429. The SMILES string of the molecule is O=CN1CCN(CCC(O)c2cccc(Br)c2)CC1. The molecule has 0 saturated carbocycles. The smallest absolute Gasteiger partial charge is 0.209 e. The molecule has 0 spiro atoms. The van der Waals surface area contributed by atoms with Gasteiger partial charge in [-0.2, -0.15) is 0 Å². The fraction of sp³-hybridized carbons (Fsp3) is 0.500. The molecule has 1 fully saturated rings. The largest absolute Gasteiger partial charge is 0.388 e. The van der Waals surface area contributed by atoms with Gasteiger partial charge in [0.25, 0.3) is 0 Å². The Balaban J connectivity index is 1.78. The molecule has 1 heterocycles. The van der Waals surface area contributed by atoms with Crippen LogP contribution in [0.2, 0.25) is 0 Å². The van der Waals surface area contributed by atoms with E-state index < -0.39 is 6.10 Å². The van der Waals surface area contributed by atoms with E-state index in [-0.39, 0.29) is 0 Å². The Morgan fingerprint density at radius 1 is 1.32 bits per heavy atom. The topological polar surface area (TPSA) is 43.8 Å². The highest BCUT2D eigenvalue weighted by Crippen LogP contribution is 2.21. The molecule has 2 rings (SSSR count). The number of hydrogen-bond donors (Lipinski definition) is 1. The van der Waals surface area contributed by atoms with Crippen LogP contribution in [0.4, 0.5) is 0 Å². The summed E-state index contributed by atoms with van der Waals surface area (Å²) in [6.07, 6.45) is 1.20. The highest BCUT2D eigenvalue weighted by Gasteiger charge is 2.16. The number of carbonyl (C=O) groups excluding carboxylic acids is 1. The number of amides is 1. The molecule has 0 aliphatic carbocycles. The minimum Gasteiger partial charge on any atom is -0.388 e. The van der Waals surface area contributed by atoms with Crippen molar-refractivity contribution >= 4 is 22.3 Å². The third-order valence-corrected chi connectivity index (χ3v) is 4.00. The second kappa shape index (κ2) is 7.03. The van der Waals surface area contributed by atoms with Crippen molar-refractivity contribution in [3.05, 3.63) is 34.3 Å². The van der Waals surface area contributed by atoms with Gasteiger partial charge in [0.05, 0.1) is 6.10 Å². The van der Waals surface area contributed by atoms with Gasteiger partial charge in [0.2, 0.25) is 6.41 Å². The van der Waals surface area contributed by atoms with E-state index in [4.69, 9.17) is 0 Å². The molecule has 1 aromatic carbocycles. The van der Waals surface area contributed by atoms with Gasteiger partial charge in [0.1, 0.15) is 0 Å². The van der Waals surface area contributed by atoms with Crippen LogP contribution in [0.15, 0.2) is 28.7 Å². The summed E-state index contributed by atoms with van der Waals surface area (Å²) in [5.74, 6) is 0. The van der Waals surface area contributed by atoms with Gasteiger partial charge in [0.15, 0.2) is 0 Å². The van der Waals surface area contributed by atoms with E-state index in [0.717, 1.165) is 55.6 Å². The number of rotatable bonds is 5. The van der Waals surface area contributed by atoms with Crippen LogP contribution >= 0.6 is 15.9 Å². The van der Waals surface area contributed by atoms with E-state index >= 15 is 0 Å². The van der Waals surface area contributed by atoms with Gasteiger partial charge < -0.3 is 10.0 Å². The van der Waals surface area contributed by atoms with Crippen LogP contribution in [-0.2, 0) is 4.79 Å². The van der Waals surface area contributed by atoms with Gasteiger partial charge in [-0.15, -0.1) is 0 Å². The van der Waals surface area contributed by atoms with Crippen molar-refractivity contribution in [2.45, 2.75) is 12.5 Å². The normalized spacial score (nSPS) is 18.3. The Morgan fingerprint density at radius 3 is 2.68 bits per heavy atom. The van der Waals surface area contributed by atoms with Crippen molar-refractivity contribution < 1.29 is 9.90 Å². The molecule has 1 N–H and O–H groups in total. The van der Waals surface area contributed by atoms with Gasteiger partial charge >= 0.3 is 0 Å². The lowest BCUT2D eigenvalue weighted by Gasteiger charge is -2.32. The van der Waals surface area contributed by atoms with Gasteiger partial charge in [0, 0.05) is 37.2 Å². The maximum Gasteiger partial charge on any atom is 0.209 e. The monoisotopic (exact) mass is 326 g/mol. The quantitative estimate of drug-likeness (QED) is 0.837. The molecule has 1 atom stereocenters. The maximum atomic E-state index is 10.6. The van der Waals surface area contributed by atoms with Crippen molar-refractivity contribution in [2.24, 2.45) is 0 Å². The van der Waals surface area contributed by atoms with E-state index in [9.17, 15) is 9.90 Å². The molecule has 19 heavy (non-hydrogen) atoms. The van der Waals surface area contributed by atoms with Crippen molar-refractivity contribution in [3.63, 3.8) is 0 Å². The highest BCUT2D eigenvalue weighted by atomic mass is 79.9. The van der Waals surface area contributed by atoms with Gasteiger partial charge in [-0.3, -0.25) is 9.69 Å². The number of benzene rings is 1. The number of halogens is 1. The minimum absolute atomic E-state index is 0.429. The first-order valence-electron chi connectivity index (χ1n) is 6.54. The van der Waals surface area contributed by atoms with Gasteiger partial charge in [-0.1, -0.05) is 28.1 Å². The van der Waals surface area contributed by atoms with Gasteiger partial charge in [-0.05, 0) is 24.1 Å². The second-order valence-corrected chi connectivity index (χ2v) is 5.76. The van der Waals surface area contributed by atoms with Crippen LogP contribution in [0.25, 0.3) is 0 Å². The Kier molecular flexibility index (Phi) is 5.36. The summed E-state index contributed by atoms with van der Waals surface area (Å²) >= 11 is 3.41. The maximum absolute atomic E-state index is 10.6. The van der Waals surface area contributed by atoms with Crippen LogP contribution in [0.5, 0.6) is 0 Å². The summed E-state index contributed by atoms with van der Waals surface area (Å²) < 4.78 is 0.989. The molecule has 1 saturated heterocycles. The molecule has 5 heteroatoms. The first-order chi connectivity index (χ1) is 9.19. The van der Waals surface area contributed by atoms with Crippen molar-refractivity contribution in [3.8, 4) is 0 Å². The van der Waals surface area contributed by atoms with Crippen molar-refractivity contribution in [2.75, 3.05) is 32.7 Å². The van der Waals surface area contributed by atoms with Crippen LogP contribution in [0, 0.1) is 0 Å². The lowest BCUT2D eigenvalue weighted by molar-refractivity contribution is -0.119. The van der Waals surface area contributed by atoms with E-state index in [0.29, 0.717) is 0 Å². The van der Waals surface area contributed by atoms with E-state index in [1.807, 2.05) is 24.3 Å². The molecule has 0 aromatic heterocycles. The molecule has 1 aliphatic rings. The summed E-state index contributed by atoms with van der Waals surface area (Å²) in [5, 5.41) is 10.2. The highest BCUT2D eigenvalue weighted by molar-refractivity contribution is 9.10. The molecule has 0 bridgehead atoms. The molecule has 104 valence electrons. The second-order valence-electron chi connectivity index (χ2n) is 4.84. The first kappa shape index (κ1) is 14.5. The molecule has 1 unspecified atom stereocenters. The van der Waals surface area contributed by atoms with E-state index in [2.05, 4.69) is 20.8 Å². The Bertz CT molecular complexity index is 420. The molecule has 1 aliphatic heterocycles. The average Bonchev–Trinajstić information content (AvgIpc) is 2.45. The van der Waals surface area contributed by atoms with E-state index in [1.54, 1.807) is 4.90 Å². The number of aliphatic hydroxyl groups excluding tert-OH is 1. The average molecular weight is 327 g/mol. The fourth-order valence-electron chi connectivity index (χ4n) is 2.28. The summed E-state index contributed by atoms with van der Waals surface area (Å²) in [6.45, 7) is 4.22. The molecule has 0 radical (unpaired) electrons. The fourth-order valence-corrected chi connectivity index (χ4v) is 2.69. The first-order valence-corrected chi connectivity index (χ1v) is 7.33. The summed E-state index contributed by atoms with van der Waals surface area (Å²) in [7, 11) is 0. The summed E-state index contributed by atoms with van der Waals surface area (Å²) in [4.78, 5) is 14.7. The third-order valence-electron chi connectivity index (χ3n) is 3.51. The lowest BCUT2D eigenvalue weighted by Crippen LogP contribution is -2.46. The van der Waals surface area contributed by atoms with Crippen molar-refractivity contribution in [1.29, 1.82) is 0 Å². The molecule has 1 aromatic rings. The zero-order valence-corrected chi connectivity index (χ0v) is 12.4. The number of nitrogens with zero attached hydrogens (tertiary/aromatic N) is 2. The lowest BCUT2D eigenvalue weighted by atomic mass is 10.1. The number of hydrogen-bond acceptors (Lipinski definition) is 3. The molecule has 4 nitrogen and oxygen atoms in total. The Morgan fingerprint density at radius 2 is 2.05 bits per heavy atom. The molecular weight excluding hydrogens is 308 g/mol. The predicted octanol–water partition coefficient (Wildman–Crippen LogP) is 1.65. The van der Waals surface area contributed by atoms with Gasteiger partial charge in [-0.25, -0.2) is 0 Å². The Hall–Kier alpha value is -0.910. The van der Waals surface area contributed by atoms with Crippen LogP contribution < -0.4 is 0 Å². The number of aliphatic hydroxyl groups is 1. The number of carbonyl (C=O) groups is 1. The van der Waals surface area contributed by atoms with Crippen molar-refractivity contribution in [1.82, 2.24) is 9.80 Å². The zero-order chi connectivity index (χ0) is 13.7. The van der Waals surface area contributed by atoms with E-state index in [1.165, 1.54) is 0 Å². The zero-order valence-electron chi connectivity index (χ0n) is 10.8. The summed E-state index contributed by atoms with van der Waals surface area (Å²) in [5.41, 5.74) is 0.945. The molecule has 1 amide bonds.